The Morgan fingerprint density at radius 1 is 1.41 bits per heavy atom. The lowest BCUT2D eigenvalue weighted by Gasteiger charge is -2.28. The first-order valence-corrected chi connectivity index (χ1v) is 7.72. The minimum absolute atomic E-state index is 0.0765. The van der Waals surface area contributed by atoms with Crippen molar-refractivity contribution in [2.75, 3.05) is 4.43 Å². The summed E-state index contributed by atoms with van der Waals surface area (Å²) in [6.45, 7) is 0. The molecule has 0 aliphatic heterocycles. The van der Waals surface area contributed by atoms with Gasteiger partial charge in [0.15, 0.2) is 5.76 Å². The van der Waals surface area contributed by atoms with Gasteiger partial charge in [0.05, 0.1) is 6.26 Å². The molecule has 2 rings (SSSR count). The molecule has 94 valence electrons. The number of rotatable bonds is 4. The highest BCUT2D eigenvalue weighted by Gasteiger charge is 2.22. The molecular formula is C13H18INO2. The molecule has 0 atom stereocenters. The summed E-state index contributed by atoms with van der Waals surface area (Å²) in [5, 5.41) is 3.05. The Morgan fingerprint density at radius 3 is 2.76 bits per heavy atom. The third-order valence-corrected chi connectivity index (χ3v) is 4.07. The van der Waals surface area contributed by atoms with E-state index in [2.05, 4.69) is 27.9 Å². The number of amides is 1. The molecule has 0 unspecified atom stereocenters. The van der Waals surface area contributed by atoms with Crippen molar-refractivity contribution < 1.29 is 9.21 Å². The van der Waals surface area contributed by atoms with Crippen LogP contribution in [0.5, 0.6) is 0 Å². The summed E-state index contributed by atoms with van der Waals surface area (Å²) in [6, 6.07) is 3.78. The first-order valence-electron chi connectivity index (χ1n) is 6.20. The van der Waals surface area contributed by atoms with Crippen LogP contribution in [-0.4, -0.2) is 16.4 Å². The third-order valence-electron chi connectivity index (χ3n) is 3.44. The second-order valence-electron chi connectivity index (χ2n) is 4.65. The first kappa shape index (κ1) is 12.9. The molecule has 1 aromatic heterocycles. The summed E-state index contributed by atoms with van der Waals surface area (Å²) in [6.07, 6.45) is 7.55. The molecule has 0 radical (unpaired) electrons. The summed E-state index contributed by atoms with van der Waals surface area (Å²) in [5.74, 6) is 1.20. The highest BCUT2D eigenvalue weighted by molar-refractivity contribution is 14.1. The van der Waals surface area contributed by atoms with Crippen LogP contribution in [0, 0.1) is 5.92 Å². The van der Waals surface area contributed by atoms with Crippen LogP contribution < -0.4 is 5.32 Å². The zero-order valence-electron chi connectivity index (χ0n) is 9.82. The van der Waals surface area contributed by atoms with Crippen molar-refractivity contribution in [3.8, 4) is 0 Å². The average Bonchev–Trinajstić information content (AvgIpc) is 2.86. The van der Waals surface area contributed by atoms with Crippen LogP contribution in [0.3, 0.4) is 0 Å². The lowest BCUT2D eigenvalue weighted by Crippen LogP contribution is -2.37. The van der Waals surface area contributed by atoms with Gasteiger partial charge in [-0.05, 0) is 54.6 Å². The maximum atomic E-state index is 11.8. The maximum Gasteiger partial charge on any atom is 0.287 e. The Labute approximate surface area is 115 Å². The van der Waals surface area contributed by atoms with Crippen LogP contribution >= 0.6 is 22.6 Å². The van der Waals surface area contributed by atoms with E-state index in [0.29, 0.717) is 11.8 Å². The molecule has 0 bridgehead atoms. The van der Waals surface area contributed by atoms with Crippen molar-refractivity contribution in [2.24, 2.45) is 5.92 Å². The van der Waals surface area contributed by atoms with Gasteiger partial charge in [0.1, 0.15) is 0 Å². The highest BCUT2D eigenvalue weighted by Crippen LogP contribution is 2.27. The third kappa shape index (κ3) is 3.72. The lowest BCUT2D eigenvalue weighted by molar-refractivity contribution is 0.0893. The number of hydrogen-bond acceptors (Lipinski definition) is 2. The van der Waals surface area contributed by atoms with E-state index in [1.807, 2.05) is 0 Å². The molecule has 1 aliphatic carbocycles. The highest BCUT2D eigenvalue weighted by atomic mass is 127. The van der Waals surface area contributed by atoms with Gasteiger partial charge in [-0.1, -0.05) is 22.6 Å². The Balaban J connectivity index is 1.76. The van der Waals surface area contributed by atoms with Crippen molar-refractivity contribution in [1.82, 2.24) is 5.32 Å². The molecule has 0 aromatic carbocycles. The predicted molar refractivity (Wildman–Crippen MR) is 75.4 cm³/mol. The van der Waals surface area contributed by atoms with Crippen molar-refractivity contribution in [1.29, 1.82) is 0 Å². The summed E-state index contributed by atoms with van der Waals surface area (Å²) in [4.78, 5) is 11.8. The molecular weight excluding hydrogens is 329 g/mol. The Kier molecular flexibility index (Phi) is 4.88. The maximum absolute atomic E-state index is 11.8. The molecule has 0 spiro atoms. The van der Waals surface area contributed by atoms with E-state index in [4.69, 9.17) is 4.42 Å². The van der Waals surface area contributed by atoms with Crippen molar-refractivity contribution >= 4 is 28.5 Å². The van der Waals surface area contributed by atoms with E-state index in [1.54, 1.807) is 12.1 Å². The molecule has 1 N–H and O–H groups in total. The summed E-state index contributed by atoms with van der Waals surface area (Å²) < 4.78 is 6.33. The number of carbonyl (C=O) groups excluding carboxylic acids is 1. The van der Waals surface area contributed by atoms with E-state index < -0.39 is 0 Å². The van der Waals surface area contributed by atoms with Crippen molar-refractivity contribution in [2.45, 2.75) is 38.1 Å². The predicted octanol–water partition coefficient (Wildman–Crippen LogP) is 3.39. The molecule has 1 saturated carbocycles. The average molecular weight is 347 g/mol. The molecule has 1 amide bonds. The fourth-order valence-electron chi connectivity index (χ4n) is 2.41. The van der Waals surface area contributed by atoms with E-state index in [9.17, 15) is 4.79 Å². The largest absolute Gasteiger partial charge is 0.459 e. The van der Waals surface area contributed by atoms with Gasteiger partial charge >= 0.3 is 0 Å². The molecule has 1 aromatic rings. The number of furan rings is 1. The summed E-state index contributed by atoms with van der Waals surface area (Å²) in [7, 11) is 0. The second-order valence-corrected chi connectivity index (χ2v) is 5.72. The van der Waals surface area contributed by atoms with Gasteiger partial charge in [-0.15, -0.1) is 0 Å². The first-order chi connectivity index (χ1) is 8.29. The Morgan fingerprint density at radius 2 is 2.18 bits per heavy atom. The topological polar surface area (TPSA) is 42.2 Å². The quantitative estimate of drug-likeness (QED) is 0.670. The van der Waals surface area contributed by atoms with Gasteiger partial charge < -0.3 is 9.73 Å². The lowest BCUT2D eigenvalue weighted by atomic mass is 9.84. The fourth-order valence-corrected chi connectivity index (χ4v) is 3.29. The molecule has 1 fully saturated rings. The van der Waals surface area contributed by atoms with E-state index in [0.717, 1.165) is 18.8 Å². The van der Waals surface area contributed by atoms with Gasteiger partial charge in [-0.2, -0.15) is 0 Å². The van der Waals surface area contributed by atoms with Crippen LogP contribution in [0.2, 0.25) is 0 Å². The monoisotopic (exact) mass is 347 g/mol. The number of carbonyl (C=O) groups is 1. The van der Waals surface area contributed by atoms with Gasteiger partial charge in [-0.25, -0.2) is 0 Å². The van der Waals surface area contributed by atoms with E-state index >= 15 is 0 Å². The SMILES string of the molecule is O=C(N[C@H]1CC[C@H](CCI)CC1)c1ccco1. The summed E-state index contributed by atoms with van der Waals surface area (Å²) in [5.41, 5.74) is 0. The van der Waals surface area contributed by atoms with Gasteiger partial charge in [0.2, 0.25) is 0 Å². The van der Waals surface area contributed by atoms with Gasteiger partial charge in [-0.3, -0.25) is 4.79 Å². The van der Waals surface area contributed by atoms with Crippen LogP contribution in [0.4, 0.5) is 0 Å². The molecule has 0 saturated heterocycles. The standard InChI is InChI=1S/C13H18INO2/c14-8-7-10-3-5-11(6-4-10)15-13(16)12-2-1-9-17-12/h1-2,9-11H,3-8H2,(H,15,16)/t10-,11-. The molecule has 3 nitrogen and oxygen atoms in total. The van der Waals surface area contributed by atoms with E-state index in [-0.39, 0.29) is 5.91 Å². The minimum Gasteiger partial charge on any atom is -0.459 e. The normalized spacial score (nSPS) is 24.5. The molecule has 1 aliphatic rings. The number of halogens is 1. The van der Waals surface area contributed by atoms with Crippen LogP contribution in [-0.2, 0) is 0 Å². The van der Waals surface area contributed by atoms with Gasteiger partial charge in [0, 0.05) is 6.04 Å². The van der Waals surface area contributed by atoms with Gasteiger partial charge in [0.25, 0.3) is 5.91 Å². The van der Waals surface area contributed by atoms with Crippen LogP contribution in [0.25, 0.3) is 0 Å². The fraction of sp³-hybridized carbons (Fsp3) is 0.615. The zero-order valence-corrected chi connectivity index (χ0v) is 12.0. The molecule has 17 heavy (non-hydrogen) atoms. The Bertz CT molecular complexity index is 342. The molecule has 4 heteroatoms. The number of nitrogens with one attached hydrogen (secondary N) is 1. The van der Waals surface area contributed by atoms with Crippen LogP contribution in [0.1, 0.15) is 42.7 Å². The smallest absolute Gasteiger partial charge is 0.287 e. The minimum atomic E-state index is -0.0765. The Hall–Kier alpha value is -0.520. The molecule has 1 heterocycles. The van der Waals surface area contributed by atoms with E-state index in [1.165, 1.54) is 30.0 Å². The second kappa shape index (κ2) is 6.42. The summed E-state index contributed by atoms with van der Waals surface area (Å²) >= 11 is 2.44. The zero-order chi connectivity index (χ0) is 12.1. The van der Waals surface area contributed by atoms with Crippen molar-refractivity contribution in [3.05, 3.63) is 24.2 Å². The number of alkyl halides is 1. The van der Waals surface area contributed by atoms with Crippen LogP contribution in [0.15, 0.2) is 22.8 Å². The van der Waals surface area contributed by atoms with Crippen molar-refractivity contribution in [3.63, 3.8) is 0 Å². The number of hydrogen-bond donors (Lipinski definition) is 1.